The van der Waals surface area contributed by atoms with E-state index in [0.717, 1.165) is 4.31 Å². The Morgan fingerprint density at radius 2 is 1.94 bits per heavy atom. The SMILES string of the molecule is CCOC(=O)CS(=O)(=O)N(C)CCC(=O)O. The Morgan fingerprint density at radius 1 is 1.38 bits per heavy atom. The van der Waals surface area contributed by atoms with Gasteiger partial charge in [-0.15, -0.1) is 0 Å². The van der Waals surface area contributed by atoms with Crippen LogP contribution in [0.2, 0.25) is 0 Å². The third-order valence-electron chi connectivity index (χ3n) is 1.72. The van der Waals surface area contributed by atoms with Gasteiger partial charge in [0.2, 0.25) is 10.0 Å². The number of nitrogens with zero attached hydrogens (tertiary/aromatic N) is 1. The zero-order chi connectivity index (χ0) is 12.8. The van der Waals surface area contributed by atoms with Gasteiger partial charge in [0.25, 0.3) is 0 Å². The Morgan fingerprint density at radius 3 is 2.38 bits per heavy atom. The monoisotopic (exact) mass is 253 g/mol. The Kier molecular flexibility index (Phi) is 5.97. The maximum Gasteiger partial charge on any atom is 0.322 e. The van der Waals surface area contributed by atoms with Crippen molar-refractivity contribution in [3.63, 3.8) is 0 Å². The quantitative estimate of drug-likeness (QED) is 0.601. The second-order valence-electron chi connectivity index (χ2n) is 3.03. The minimum atomic E-state index is -3.78. The molecule has 0 radical (unpaired) electrons. The van der Waals surface area contributed by atoms with Gasteiger partial charge < -0.3 is 9.84 Å². The lowest BCUT2D eigenvalue weighted by Gasteiger charge is -2.15. The fourth-order valence-electron chi connectivity index (χ4n) is 0.854. The van der Waals surface area contributed by atoms with E-state index in [1.165, 1.54) is 7.05 Å². The van der Waals surface area contributed by atoms with Crippen LogP contribution in [0, 0.1) is 0 Å². The van der Waals surface area contributed by atoms with Crippen LogP contribution < -0.4 is 0 Å². The van der Waals surface area contributed by atoms with E-state index in [4.69, 9.17) is 5.11 Å². The van der Waals surface area contributed by atoms with Crippen LogP contribution in [0.3, 0.4) is 0 Å². The number of carboxylic acids is 1. The number of hydrogen-bond donors (Lipinski definition) is 1. The van der Waals surface area contributed by atoms with Crippen LogP contribution in [0.15, 0.2) is 0 Å². The van der Waals surface area contributed by atoms with Gasteiger partial charge in [-0.3, -0.25) is 9.59 Å². The molecule has 0 fully saturated rings. The molecule has 0 bridgehead atoms. The fraction of sp³-hybridized carbons (Fsp3) is 0.750. The first kappa shape index (κ1) is 14.8. The van der Waals surface area contributed by atoms with Crippen LogP contribution in [0.4, 0.5) is 0 Å². The average Bonchev–Trinajstić information content (AvgIpc) is 2.13. The van der Waals surface area contributed by atoms with Crippen molar-refractivity contribution >= 4 is 22.0 Å². The summed E-state index contributed by atoms with van der Waals surface area (Å²) >= 11 is 0. The van der Waals surface area contributed by atoms with Gasteiger partial charge in [0.15, 0.2) is 5.75 Å². The molecule has 0 amide bonds. The first-order valence-electron chi connectivity index (χ1n) is 4.61. The Hall–Kier alpha value is -1.15. The molecule has 94 valence electrons. The molecule has 0 atom stereocenters. The zero-order valence-electron chi connectivity index (χ0n) is 9.17. The van der Waals surface area contributed by atoms with Gasteiger partial charge >= 0.3 is 11.9 Å². The lowest BCUT2D eigenvalue weighted by atomic mass is 10.4. The number of rotatable bonds is 7. The van der Waals surface area contributed by atoms with Crippen molar-refractivity contribution in [2.24, 2.45) is 0 Å². The first-order chi connectivity index (χ1) is 7.29. The van der Waals surface area contributed by atoms with E-state index in [2.05, 4.69) is 4.74 Å². The molecule has 16 heavy (non-hydrogen) atoms. The molecule has 0 aliphatic heterocycles. The molecule has 0 saturated heterocycles. The second kappa shape index (κ2) is 6.44. The maximum atomic E-state index is 11.5. The molecule has 0 aromatic rings. The summed E-state index contributed by atoms with van der Waals surface area (Å²) in [5.74, 6) is -2.71. The first-order valence-corrected chi connectivity index (χ1v) is 6.22. The van der Waals surface area contributed by atoms with Crippen LogP contribution in [0.1, 0.15) is 13.3 Å². The third kappa shape index (κ3) is 5.66. The molecule has 8 heteroatoms. The molecule has 1 N–H and O–H groups in total. The van der Waals surface area contributed by atoms with Crippen molar-refractivity contribution < 1.29 is 27.9 Å². The summed E-state index contributed by atoms with van der Waals surface area (Å²) in [5.41, 5.74) is 0. The number of hydrogen-bond acceptors (Lipinski definition) is 5. The predicted molar refractivity (Wildman–Crippen MR) is 55.3 cm³/mol. The highest BCUT2D eigenvalue weighted by atomic mass is 32.2. The highest BCUT2D eigenvalue weighted by molar-refractivity contribution is 7.89. The van der Waals surface area contributed by atoms with Crippen molar-refractivity contribution in [3.05, 3.63) is 0 Å². The van der Waals surface area contributed by atoms with Crippen molar-refractivity contribution in [2.45, 2.75) is 13.3 Å². The molecular weight excluding hydrogens is 238 g/mol. The van der Waals surface area contributed by atoms with E-state index in [9.17, 15) is 18.0 Å². The van der Waals surface area contributed by atoms with Gasteiger partial charge in [-0.2, -0.15) is 0 Å². The number of carbonyl (C=O) groups is 2. The van der Waals surface area contributed by atoms with Gasteiger partial charge in [-0.05, 0) is 6.92 Å². The molecule has 0 saturated carbocycles. The highest BCUT2D eigenvalue weighted by Gasteiger charge is 2.23. The van der Waals surface area contributed by atoms with Crippen LogP contribution in [-0.4, -0.2) is 55.7 Å². The summed E-state index contributed by atoms with van der Waals surface area (Å²) < 4.78 is 28.2. The second-order valence-corrected chi connectivity index (χ2v) is 5.10. The average molecular weight is 253 g/mol. The van der Waals surface area contributed by atoms with E-state index in [1.807, 2.05) is 0 Å². The standard InChI is InChI=1S/C8H15NO6S/c1-3-15-8(12)6-16(13,14)9(2)5-4-7(10)11/h3-6H2,1-2H3,(H,10,11). The minimum Gasteiger partial charge on any atom is -0.481 e. The van der Waals surface area contributed by atoms with Crippen molar-refractivity contribution in [1.29, 1.82) is 0 Å². The number of sulfonamides is 1. The van der Waals surface area contributed by atoms with Crippen LogP contribution in [-0.2, 0) is 24.3 Å². The fourth-order valence-corrected chi connectivity index (χ4v) is 1.82. The molecule has 0 aliphatic carbocycles. The van der Waals surface area contributed by atoms with Gasteiger partial charge in [-0.25, -0.2) is 12.7 Å². The van der Waals surface area contributed by atoms with Crippen LogP contribution in [0.5, 0.6) is 0 Å². The molecule has 0 spiro atoms. The smallest absolute Gasteiger partial charge is 0.322 e. The Labute approximate surface area is 94.0 Å². The largest absolute Gasteiger partial charge is 0.481 e. The number of esters is 1. The number of carboxylic acid groups (broad SMARTS) is 1. The molecule has 0 aromatic carbocycles. The zero-order valence-corrected chi connectivity index (χ0v) is 9.99. The lowest BCUT2D eigenvalue weighted by molar-refractivity contribution is -0.140. The van der Waals surface area contributed by atoms with E-state index in [1.54, 1.807) is 6.92 Å². The molecule has 7 nitrogen and oxygen atoms in total. The molecule has 0 unspecified atom stereocenters. The lowest BCUT2D eigenvalue weighted by Crippen LogP contribution is -2.34. The molecular formula is C8H15NO6S. The van der Waals surface area contributed by atoms with Crippen molar-refractivity contribution in [3.8, 4) is 0 Å². The topological polar surface area (TPSA) is 101 Å². The third-order valence-corrected chi connectivity index (χ3v) is 3.45. The Bertz CT molecular complexity index is 350. The summed E-state index contributed by atoms with van der Waals surface area (Å²) in [6, 6.07) is 0. The van der Waals surface area contributed by atoms with Crippen LogP contribution >= 0.6 is 0 Å². The molecule has 0 aromatic heterocycles. The number of aliphatic carboxylic acids is 1. The normalized spacial score (nSPS) is 11.4. The van der Waals surface area contributed by atoms with E-state index >= 15 is 0 Å². The van der Waals surface area contributed by atoms with E-state index < -0.39 is 27.7 Å². The number of ether oxygens (including phenoxy) is 1. The highest BCUT2D eigenvalue weighted by Crippen LogP contribution is 2.00. The van der Waals surface area contributed by atoms with E-state index in [0.29, 0.717) is 0 Å². The van der Waals surface area contributed by atoms with Crippen molar-refractivity contribution in [2.75, 3.05) is 26.0 Å². The summed E-state index contributed by atoms with van der Waals surface area (Å²) in [4.78, 5) is 21.2. The van der Waals surface area contributed by atoms with Gasteiger partial charge in [0.05, 0.1) is 13.0 Å². The molecule has 0 heterocycles. The number of carbonyl (C=O) groups excluding carboxylic acids is 1. The van der Waals surface area contributed by atoms with Crippen LogP contribution in [0.25, 0.3) is 0 Å². The summed E-state index contributed by atoms with van der Waals surface area (Å²) in [6.07, 6.45) is -0.307. The van der Waals surface area contributed by atoms with Gasteiger partial charge in [-0.1, -0.05) is 0 Å². The van der Waals surface area contributed by atoms with Gasteiger partial charge in [0.1, 0.15) is 0 Å². The van der Waals surface area contributed by atoms with Gasteiger partial charge in [0, 0.05) is 13.6 Å². The van der Waals surface area contributed by atoms with E-state index in [-0.39, 0.29) is 19.6 Å². The summed E-state index contributed by atoms with van der Waals surface area (Å²) in [7, 11) is -2.56. The van der Waals surface area contributed by atoms with Crippen molar-refractivity contribution in [1.82, 2.24) is 4.31 Å². The predicted octanol–water partition coefficient (Wildman–Crippen LogP) is -0.714. The Balaban J connectivity index is 4.31. The summed E-state index contributed by atoms with van der Waals surface area (Å²) in [6.45, 7) is 1.50. The maximum absolute atomic E-state index is 11.5. The molecule has 0 rings (SSSR count). The minimum absolute atomic E-state index is 0.104. The summed E-state index contributed by atoms with van der Waals surface area (Å²) in [5, 5.41) is 8.38. The molecule has 0 aliphatic rings.